The van der Waals surface area contributed by atoms with Crippen LogP contribution in [0.3, 0.4) is 0 Å². The highest BCUT2D eigenvalue weighted by molar-refractivity contribution is 7.71. The monoisotopic (exact) mass is 357 g/mol. The van der Waals surface area contributed by atoms with E-state index in [9.17, 15) is 14.0 Å². The Labute approximate surface area is 140 Å². The molecule has 1 aromatic carbocycles. The van der Waals surface area contributed by atoms with Crippen molar-refractivity contribution in [2.75, 3.05) is 0 Å². The van der Waals surface area contributed by atoms with Crippen molar-refractivity contribution in [1.29, 1.82) is 0 Å². The third kappa shape index (κ3) is 2.99. The van der Waals surface area contributed by atoms with Crippen molar-refractivity contribution in [2.24, 2.45) is 14.1 Å². The Morgan fingerprint density at radius 3 is 2.26 bits per heavy atom. The minimum Gasteiger partial charge on any atom is -0.461 e. The molecular formula is C14H13ClFN3O3S. The summed E-state index contributed by atoms with van der Waals surface area (Å²) in [5.41, 5.74) is -1.84. The lowest BCUT2D eigenvalue weighted by molar-refractivity contribution is 0.428. The Bertz CT molecular complexity index is 950. The van der Waals surface area contributed by atoms with Crippen LogP contribution in [0, 0.1) is 10.6 Å². The first-order valence-corrected chi connectivity index (χ1v) is 7.15. The van der Waals surface area contributed by atoms with Gasteiger partial charge >= 0.3 is 11.4 Å². The molecule has 1 heterocycles. The molecule has 0 unspecified atom stereocenters. The summed E-state index contributed by atoms with van der Waals surface area (Å²) in [4.78, 5) is 24.6. The standard InChI is InChI=1S/C14H13ClFN3O3S/c1-7(2)22-11-6-10(9(16)5-8(11)15)19-12(20)17(3)14(23)18(4)13(19)21/h5-6H,1H2,2-4H3. The number of ether oxygens (including phenoxy) is 1. The second-order valence-corrected chi connectivity index (χ2v) is 5.61. The lowest BCUT2D eigenvalue weighted by Crippen LogP contribution is -2.43. The highest BCUT2D eigenvalue weighted by Gasteiger charge is 2.17. The smallest absolute Gasteiger partial charge is 0.338 e. The number of hydrogen-bond acceptors (Lipinski definition) is 4. The predicted molar refractivity (Wildman–Crippen MR) is 87.5 cm³/mol. The Kier molecular flexibility index (Phi) is 4.58. The summed E-state index contributed by atoms with van der Waals surface area (Å²) in [7, 11) is 2.78. The van der Waals surface area contributed by atoms with Crippen LogP contribution in [0.2, 0.25) is 5.02 Å². The molecule has 2 rings (SSSR count). The number of benzene rings is 1. The van der Waals surface area contributed by atoms with Gasteiger partial charge in [0.2, 0.25) is 0 Å². The van der Waals surface area contributed by atoms with E-state index in [1.807, 2.05) is 0 Å². The maximum absolute atomic E-state index is 14.3. The fourth-order valence-corrected chi connectivity index (χ4v) is 2.28. The van der Waals surface area contributed by atoms with Gasteiger partial charge in [-0.1, -0.05) is 18.2 Å². The number of halogens is 2. The average molecular weight is 358 g/mol. The van der Waals surface area contributed by atoms with Gasteiger partial charge in [0.1, 0.15) is 11.6 Å². The molecule has 0 amide bonds. The van der Waals surface area contributed by atoms with Crippen molar-refractivity contribution >= 4 is 23.8 Å². The third-order valence-electron chi connectivity index (χ3n) is 3.06. The quantitative estimate of drug-likeness (QED) is 0.625. The summed E-state index contributed by atoms with van der Waals surface area (Å²) in [5, 5.41) is -0.0108. The van der Waals surface area contributed by atoms with E-state index >= 15 is 0 Å². The van der Waals surface area contributed by atoms with Gasteiger partial charge < -0.3 is 4.74 Å². The zero-order valence-corrected chi connectivity index (χ0v) is 14.2. The largest absolute Gasteiger partial charge is 0.461 e. The lowest BCUT2D eigenvalue weighted by Gasteiger charge is -2.13. The summed E-state index contributed by atoms with van der Waals surface area (Å²) in [6.07, 6.45) is 0. The van der Waals surface area contributed by atoms with Gasteiger partial charge in [0, 0.05) is 20.2 Å². The van der Waals surface area contributed by atoms with Crippen molar-refractivity contribution in [3.63, 3.8) is 0 Å². The van der Waals surface area contributed by atoms with Crippen LogP contribution < -0.4 is 16.1 Å². The van der Waals surface area contributed by atoms with Crippen LogP contribution in [0.15, 0.2) is 34.1 Å². The fourth-order valence-electron chi connectivity index (χ4n) is 1.93. The Hall–Kier alpha value is -2.19. The highest BCUT2D eigenvalue weighted by atomic mass is 35.5. The zero-order valence-electron chi connectivity index (χ0n) is 12.6. The van der Waals surface area contributed by atoms with Gasteiger partial charge in [-0.3, -0.25) is 9.13 Å². The summed E-state index contributed by atoms with van der Waals surface area (Å²) < 4.78 is 22.3. The average Bonchev–Trinajstić information content (AvgIpc) is 2.47. The number of nitrogens with zero attached hydrogens (tertiary/aromatic N) is 3. The first kappa shape index (κ1) is 17.2. The molecular weight excluding hydrogens is 345 g/mol. The van der Waals surface area contributed by atoms with Gasteiger partial charge in [0.15, 0.2) is 4.77 Å². The zero-order chi connectivity index (χ0) is 17.5. The maximum Gasteiger partial charge on any atom is 0.338 e. The van der Waals surface area contributed by atoms with Crippen LogP contribution in [0.4, 0.5) is 4.39 Å². The Morgan fingerprint density at radius 2 is 1.78 bits per heavy atom. The molecule has 0 atom stereocenters. The van der Waals surface area contributed by atoms with Gasteiger partial charge in [-0.05, 0) is 25.2 Å². The molecule has 122 valence electrons. The molecule has 0 aliphatic rings. The number of hydrogen-bond donors (Lipinski definition) is 0. The molecule has 0 aliphatic carbocycles. The van der Waals surface area contributed by atoms with E-state index < -0.39 is 17.2 Å². The van der Waals surface area contributed by atoms with Crippen molar-refractivity contribution in [3.05, 3.63) is 61.1 Å². The fraction of sp³-hybridized carbons (Fsp3) is 0.214. The SMILES string of the molecule is C=C(C)Oc1cc(-n2c(=O)n(C)c(=S)n(C)c2=O)c(F)cc1Cl. The molecule has 23 heavy (non-hydrogen) atoms. The summed E-state index contributed by atoms with van der Waals surface area (Å²) >= 11 is 10.9. The van der Waals surface area contributed by atoms with Crippen LogP contribution in [0.25, 0.3) is 5.69 Å². The van der Waals surface area contributed by atoms with Crippen LogP contribution in [0.5, 0.6) is 5.75 Å². The molecule has 0 aliphatic heterocycles. The molecule has 0 saturated heterocycles. The predicted octanol–water partition coefficient (Wildman–Crippen LogP) is 2.31. The minimum atomic E-state index is -0.847. The summed E-state index contributed by atoms with van der Waals surface area (Å²) in [5.74, 6) is -0.453. The second-order valence-electron chi connectivity index (χ2n) is 4.84. The van der Waals surface area contributed by atoms with Gasteiger partial charge in [-0.2, -0.15) is 0 Å². The van der Waals surface area contributed by atoms with Gasteiger partial charge in [-0.25, -0.2) is 18.5 Å². The minimum absolute atomic E-state index is 0.0108. The molecule has 0 radical (unpaired) electrons. The van der Waals surface area contributed by atoms with Gasteiger partial charge in [0.05, 0.1) is 16.5 Å². The normalized spacial score (nSPS) is 10.7. The van der Waals surface area contributed by atoms with Crippen LogP contribution in [0.1, 0.15) is 6.92 Å². The van der Waals surface area contributed by atoms with E-state index in [-0.39, 0.29) is 21.2 Å². The van der Waals surface area contributed by atoms with E-state index in [1.165, 1.54) is 14.1 Å². The topological polar surface area (TPSA) is 58.2 Å². The molecule has 0 saturated carbocycles. The lowest BCUT2D eigenvalue weighted by atomic mass is 10.2. The van der Waals surface area contributed by atoms with Crippen LogP contribution in [-0.4, -0.2) is 13.7 Å². The van der Waals surface area contributed by atoms with Crippen molar-refractivity contribution in [1.82, 2.24) is 13.7 Å². The first-order valence-electron chi connectivity index (χ1n) is 6.37. The number of rotatable bonds is 3. The molecule has 0 fully saturated rings. The number of aromatic nitrogens is 3. The molecule has 0 bridgehead atoms. The summed E-state index contributed by atoms with van der Waals surface area (Å²) in [6.45, 7) is 5.14. The van der Waals surface area contributed by atoms with E-state index in [0.29, 0.717) is 10.3 Å². The first-order chi connectivity index (χ1) is 10.6. The molecule has 9 heteroatoms. The van der Waals surface area contributed by atoms with Gasteiger partial charge in [-0.15, -0.1) is 0 Å². The van der Waals surface area contributed by atoms with Crippen molar-refractivity contribution < 1.29 is 9.13 Å². The van der Waals surface area contributed by atoms with E-state index in [1.54, 1.807) is 6.92 Å². The molecule has 6 nitrogen and oxygen atoms in total. The van der Waals surface area contributed by atoms with E-state index in [4.69, 9.17) is 28.6 Å². The molecule has 2 aromatic rings. The van der Waals surface area contributed by atoms with E-state index in [0.717, 1.165) is 21.3 Å². The second kappa shape index (κ2) is 6.13. The Balaban J connectivity index is 2.88. The summed E-state index contributed by atoms with van der Waals surface area (Å²) in [6, 6.07) is 2.13. The van der Waals surface area contributed by atoms with Crippen LogP contribution in [-0.2, 0) is 14.1 Å². The van der Waals surface area contributed by atoms with Crippen molar-refractivity contribution in [3.8, 4) is 11.4 Å². The maximum atomic E-state index is 14.3. The van der Waals surface area contributed by atoms with E-state index in [2.05, 4.69) is 6.58 Å². The number of allylic oxidation sites excluding steroid dienone is 1. The van der Waals surface area contributed by atoms with Gasteiger partial charge in [0.25, 0.3) is 0 Å². The molecule has 0 N–H and O–H groups in total. The highest BCUT2D eigenvalue weighted by Crippen LogP contribution is 2.30. The van der Waals surface area contributed by atoms with Crippen LogP contribution >= 0.6 is 23.8 Å². The van der Waals surface area contributed by atoms with Crippen molar-refractivity contribution in [2.45, 2.75) is 6.92 Å². The molecule has 0 spiro atoms. The Morgan fingerprint density at radius 1 is 1.26 bits per heavy atom. The molecule has 1 aromatic heterocycles. The third-order valence-corrected chi connectivity index (χ3v) is 3.90.